The minimum absolute atomic E-state index is 0.281. The average molecular weight is 348 g/mol. The van der Waals surface area contributed by atoms with E-state index in [0.29, 0.717) is 16.8 Å². The van der Waals surface area contributed by atoms with Gasteiger partial charge in [0.2, 0.25) is 0 Å². The van der Waals surface area contributed by atoms with Gasteiger partial charge in [-0.05, 0) is 45.8 Å². The van der Waals surface area contributed by atoms with Crippen LogP contribution < -0.4 is 5.32 Å². The number of anilines is 1. The number of halogens is 2. The summed E-state index contributed by atoms with van der Waals surface area (Å²) in [6.45, 7) is 0.484. The highest BCUT2D eigenvalue weighted by molar-refractivity contribution is 9.10. The summed E-state index contributed by atoms with van der Waals surface area (Å²) in [7, 11) is 0. The fraction of sp³-hybridized carbons (Fsp3) is 0.0714. The van der Waals surface area contributed by atoms with Gasteiger partial charge < -0.3 is 5.32 Å². The van der Waals surface area contributed by atoms with Gasteiger partial charge in [-0.25, -0.2) is 19.0 Å². The van der Waals surface area contributed by atoms with Crippen molar-refractivity contribution in [3.63, 3.8) is 0 Å². The van der Waals surface area contributed by atoms with Crippen LogP contribution in [-0.2, 0) is 6.54 Å². The number of nitrogens with zero attached hydrogens (tertiary/aromatic N) is 4. The molecule has 0 amide bonds. The minimum Gasteiger partial charge on any atom is -0.378 e. The first kappa shape index (κ1) is 13.7. The molecule has 2 aromatic heterocycles. The van der Waals surface area contributed by atoms with Crippen LogP contribution in [0.3, 0.4) is 0 Å². The molecule has 0 spiro atoms. The van der Waals surface area contributed by atoms with E-state index >= 15 is 0 Å². The zero-order valence-corrected chi connectivity index (χ0v) is 12.5. The Balaban J connectivity index is 1.81. The molecule has 3 aromatic rings. The molecule has 21 heavy (non-hydrogen) atoms. The Morgan fingerprint density at radius 2 is 2.19 bits per heavy atom. The molecule has 106 valence electrons. The van der Waals surface area contributed by atoms with Gasteiger partial charge in [0.05, 0.1) is 10.2 Å². The number of hydrogen-bond donors (Lipinski definition) is 1. The van der Waals surface area contributed by atoms with E-state index in [2.05, 4.69) is 36.3 Å². The second kappa shape index (κ2) is 6.01. The van der Waals surface area contributed by atoms with Crippen molar-refractivity contribution < 1.29 is 4.39 Å². The number of benzene rings is 1. The average Bonchev–Trinajstić information content (AvgIpc) is 3.03. The van der Waals surface area contributed by atoms with Crippen molar-refractivity contribution >= 4 is 21.6 Å². The van der Waals surface area contributed by atoms with Gasteiger partial charge in [0.15, 0.2) is 5.82 Å². The van der Waals surface area contributed by atoms with E-state index in [9.17, 15) is 4.39 Å². The van der Waals surface area contributed by atoms with Gasteiger partial charge >= 0.3 is 0 Å². The molecule has 1 aromatic carbocycles. The zero-order valence-electron chi connectivity index (χ0n) is 10.9. The maximum absolute atomic E-state index is 13.5. The zero-order chi connectivity index (χ0) is 14.7. The Morgan fingerprint density at radius 3 is 2.95 bits per heavy atom. The largest absolute Gasteiger partial charge is 0.378 e. The summed E-state index contributed by atoms with van der Waals surface area (Å²) in [4.78, 5) is 8.19. The predicted octanol–water partition coefficient (Wildman–Crippen LogP) is 3.18. The number of rotatable bonds is 4. The van der Waals surface area contributed by atoms with Gasteiger partial charge in [-0.15, -0.1) is 0 Å². The summed E-state index contributed by atoms with van der Waals surface area (Å²) in [6, 6.07) is 8.74. The highest BCUT2D eigenvalue weighted by Gasteiger charge is 2.07. The van der Waals surface area contributed by atoms with Gasteiger partial charge in [-0.1, -0.05) is 6.07 Å². The van der Waals surface area contributed by atoms with E-state index in [0.717, 1.165) is 11.3 Å². The van der Waals surface area contributed by atoms with Crippen LogP contribution in [0.1, 0.15) is 5.56 Å². The Morgan fingerprint density at radius 1 is 1.29 bits per heavy atom. The van der Waals surface area contributed by atoms with Crippen molar-refractivity contribution in [3.05, 3.63) is 65.0 Å². The van der Waals surface area contributed by atoms with E-state index in [1.807, 2.05) is 18.2 Å². The highest BCUT2D eigenvalue weighted by atomic mass is 79.9. The van der Waals surface area contributed by atoms with Crippen molar-refractivity contribution in [1.29, 1.82) is 0 Å². The highest BCUT2D eigenvalue weighted by Crippen LogP contribution is 2.19. The molecule has 0 radical (unpaired) electrons. The molecule has 7 heteroatoms. The minimum atomic E-state index is -0.281. The maximum atomic E-state index is 13.5. The molecule has 3 rings (SSSR count). The van der Waals surface area contributed by atoms with Gasteiger partial charge in [0.25, 0.3) is 0 Å². The fourth-order valence-electron chi connectivity index (χ4n) is 1.88. The van der Waals surface area contributed by atoms with Gasteiger partial charge in [0.1, 0.15) is 18.5 Å². The van der Waals surface area contributed by atoms with E-state index in [4.69, 9.17) is 0 Å². The van der Waals surface area contributed by atoms with E-state index in [1.54, 1.807) is 23.3 Å². The topological polar surface area (TPSA) is 55.6 Å². The van der Waals surface area contributed by atoms with Crippen molar-refractivity contribution in [2.75, 3.05) is 5.32 Å². The molecule has 0 fully saturated rings. The van der Waals surface area contributed by atoms with Crippen LogP contribution in [0.15, 0.2) is 53.7 Å². The van der Waals surface area contributed by atoms with Crippen LogP contribution in [0.4, 0.5) is 10.1 Å². The molecule has 0 aliphatic heterocycles. The third-order valence-electron chi connectivity index (χ3n) is 2.89. The Hall–Kier alpha value is -2.28. The van der Waals surface area contributed by atoms with Gasteiger partial charge in [-0.2, -0.15) is 5.10 Å². The second-order valence-corrected chi connectivity index (χ2v) is 5.17. The SMILES string of the molecule is Fc1cc(CNc2cccnc2-n2cncn2)ccc1Br. The standard InChI is InChI=1S/C14H11BrFN5/c15-11-4-3-10(6-12(11)16)7-19-13-2-1-5-18-14(13)21-9-17-8-20-21/h1-6,8-9,19H,7H2. The first-order valence-corrected chi connectivity index (χ1v) is 7.01. The number of nitrogens with one attached hydrogen (secondary N) is 1. The summed E-state index contributed by atoms with van der Waals surface area (Å²) in [5.41, 5.74) is 1.63. The molecular formula is C14H11BrFN5. The van der Waals surface area contributed by atoms with Crippen LogP contribution in [0.2, 0.25) is 0 Å². The molecule has 0 atom stereocenters. The maximum Gasteiger partial charge on any atom is 0.178 e. The van der Waals surface area contributed by atoms with Crippen molar-refractivity contribution in [1.82, 2.24) is 19.7 Å². The molecule has 0 unspecified atom stereocenters. The molecule has 5 nitrogen and oxygen atoms in total. The van der Waals surface area contributed by atoms with E-state index in [-0.39, 0.29) is 5.82 Å². The lowest BCUT2D eigenvalue weighted by atomic mass is 10.2. The van der Waals surface area contributed by atoms with Crippen LogP contribution in [0.25, 0.3) is 5.82 Å². The molecule has 0 saturated carbocycles. The van der Waals surface area contributed by atoms with Gasteiger partial charge in [0, 0.05) is 12.7 Å². The molecule has 1 N–H and O–H groups in total. The third kappa shape index (κ3) is 3.08. The van der Waals surface area contributed by atoms with Crippen LogP contribution in [0, 0.1) is 5.82 Å². The molecule has 2 heterocycles. The molecule has 0 aliphatic carbocycles. The number of hydrogen-bond acceptors (Lipinski definition) is 4. The first-order valence-electron chi connectivity index (χ1n) is 6.22. The number of pyridine rings is 1. The molecule has 0 aliphatic rings. The lowest BCUT2D eigenvalue weighted by Crippen LogP contribution is -2.06. The summed E-state index contributed by atoms with van der Waals surface area (Å²) >= 11 is 3.14. The molecule has 0 bridgehead atoms. The smallest absolute Gasteiger partial charge is 0.178 e. The first-order chi connectivity index (χ1) is 10.2. The summed E-state index contributed by atoms with van der Waals surface area (Å²) in [6.07, 6.45) is 4.71. The lowest BCUT2D eigenvalue weighted by Gasteiger charge is -2.10. The van der Waals surface area contributed by atoms with E-state index in [1.165, 1.54) is 12.4 Å². The third-order valence-corrected chi connectivity index (χ3v) is 3.53. The summed E-state index contributed by atoms with van der Waals surface area (Å²) in [5.74, 6) is 0.365. The Labute approximate surface area is 129 Å². The van der Waals surface area contributed by atoms with Crippen LogP contribution in [-0.4, -0.2) is 19.7 Å². The monoisotopic (exact) mass is 347 g/mol. The second-order valence-electron chi connectivity index (χ2n) is 4.32. The van der Waals surface area contributed by atoms with Crippen LogP contribution >= 0.6 is 15.9 Å². The fourth-order valence-corrected chi connectivity index (χ4v) is 2.13. The molecule has 0 saturated heterocycles. The summed E-state index contributed by atoms with van der Waals surface area (Å²) < 4.78 is 15.5. The van der Waals surface area contributed by atoms with E-state index < -0.39 is 0 Å². The number of aromatic nitrogens is 4. The predicted molar refractivity (Wildman–Crippen MR) is 80.6 cm³/mol. The van der Waals surface area contributed by atoms with Gasteiger partial charge in [-0.3, -0.25) is 0 Å². The Bertz CT molecular complexity index is 745. The van der Waals surface area contributed by atoms with Crippen molar-refractivity contribution in [3.8, 4) is 5.82 Å². The lowest BCUT2D eigenvalue weighted by molar-refractivity contribution is 0.619. The summed E-state index contributed by atoms with van der Waals surface area (Å²) in [5, 5.41) is 7.30. The molecular weight excluding hydrogens is 337 g/mol. The van der Waals surface area contributed by atoms with Crippen LogP contribution in [0.5, 0.6) is 0 Å². The van der Waals surface area contributed by atoms with Crippen molar-refractivity contribution in [2.45, 2.75) is 6.54 Å². The quantitative estimate of drug-likeness (QED) is 0.787. The van der Waals surface area contributed by atoms with Crippen molar-refractivity contribution in [2.24, 2.45) is 0 Å². The normalized spacial score (nSPS) is 10.6. The Kier molecular flexibility index (Phi) is 3.92.